The van der Waals surface area contributed by atoms with E-state index in [9.17, 15) is 0 Å². The second-order valence-corrected chi connectivity index (χ2v) is 8.62. The van der Waals surface area contributed by atoms with Gasteiger partial charge in [0.1, 0.15) is 5.76 Å². The lowest BCUT2D eigenvalue weighted by Gasteiger charge is -2.33. The van der Waals surface area contributed by atoms with Crippen LogP contribution in [0.3, 0.4) is 0 Å². The second kappa shape index (κ2) is 7.83. The summed E-state index contributed by atoms with van der Waals surface area (Å²) in [6.45, 7) is 1.60. The Balaban J connectivity index is 1.45. The van der Waals surface area contributed by atoms with E-state index in [1.807, 2.05) is 30.3 Å². The topological polar surface area (TPSA) is 121 Å². The third-order valence-corrected chi connectivity index (χ3v) is 6.55. The van der Waals surface area contributed by atoms with Crippen LogP contribution in [0.25, 0.3) is 0 Å². The Morgan fingerprint density at radius 2 is 1.97 bits per heavy atom. The number of furan rings is 1. The Morgan fingerprint density at radius 1 is 1.16 bits per heavy atom. The van der Waals surface area contributed by atoms with Gasteiger partial charge in [-0.15, -0.1) is 0 Å². The van der Waals surface area contributed by atoms with Gasteiger partial charge in [0.15, 0.2) is 5.66 Å². The van der Waals surface area contributed by atoms with Crippen LogP contribution in [0.15, 0.2) is 56.0 Å². The molecule has 2 atom stereocenters. The summed E-state index contributed by atoms with van der Waals surface area (Å²) in [4.78, 5) is 15.5. The maximum atomic E-state index is 6.43. The zero-order valence-corrected chi connectivity index (χ0v) is 18.1. The van der Waals surface area contributed by atoms with Crippen molar-refractivity contribution in [2.45, 2.75) is 37.5 Å². The third kappa shape index (κ3) is 3.67. The SMILES string of the molecule is NC1=NC2=NC(CC3CCCN3Cc3c(Cl)cccc3Cl)(c3ccco3)NN2C(N)=N1. The van der Waals surface area contributed by atoms with Gasteiger partial charge in [0.25, 0.3) is 0 Å². The van der Waals surface area contributed by atoms with E-state index >= 15 is 0 Å². The number of guanidine groups is 3. The lowest BCUT2D eigenvalue weighted by atomic mass is 9.96. The zero-order valence-electron chi connectivity index (χ0n) is 16.6. The molecule has 0 aliphatic carbocycles. The average Bonchev–Trinajstić information content (AvgIpc) is 3.46. The molecule has 1 saturated heterocycles. The highest BCUT2D eigenvalue weighted by Crippen LogP contribution is 2.38. The number of benzene rings is 1. The lowest BCUT2D eigenvalue weighted by molar-refractivity contribution is 0.147. The van der Waals surface area contributed by atoms with E-state index in [1.165, 1.54) is 0 Å². The molecule has 2 aromatic rings. The summed E-state index contributed by atoms with van der Waals surface area (Å²) < 4.78 is 5.77. The molecule has 9 nitrogen and oxygen atoms in total. The molecule has 0 saturated carbocycles. The van der Waals surface area contributed by atoms with Crippen molar-refractivity contribution >= 4 is 41.1 Å². The minimum Gasteiger partial charge on any atom is -0.465 e. The number of nitrogens with zero attached hydrogens (tertiary/aromatic N) is 5. The quantitative estimate of drug-likeness (QED) is 0.630. The number of aliphatic imine (C=N–C) groups is 3. The van der Waals surface area contributed by atoms with Gasteiger partial charge in [0.05, 0.1) is 6.26 Å². The number of fused-ring (bicyclic) bond motifs is 1. The normalized spacial score (nSPS) is 25.9. The third-order valence-electron chi connectivity index (χ3n) is 5.84. The van der Waals surface area contributed by atoms with E-state index in [4.69, 9.17) is 44.1 Å². The second-order valence-electron chi connectivity index (χ2n) is 7.81. The molecular formula is C20H22Cl2N8O. The fourth-order valence-corrected chi connectivity index (χ4v) is 4.91. The smallest absolute Gasteiger partial charge is 0.248 e. The minimum atomic E-state index is -0.884. The van der Waals surface area contributed by atoms with Gasteiger partial charge < -0.3 is 15.9 Å². The van der Waals surface area contributed by atoms with Crippen molar-refractivity contribution in [1.82, 2.24) is 15.3 Å². The summed E-state index contributed by atoms with van der Waals surface area (Å²) in [5.74, 6) is 1.28. The van der Waals surface area contributed by atoms with Gasteiger partial charge >= 0.3 is 0 Å². The highest BCUT2D eigenvalue weighted by atomic mass is 35.5. The van der Waals surface area contributed by atoms with Crippen molar-refractivity contribution in [3.05, 3.63) is 58.0 Å². The maximum Gasteiger partial charge on any atom is 0.248 e. The van der Waals surface area contributed by atoms with E-state index in [2.05, 4.69) is 20.3 Å². The van der Waals surface area contributed by atoms with E-state index in [0.29, 0.717) is 34.7 Å². The number of nitrogens with two attached hydrogens (primary N) is 2. The Morgan fingerprint density at radius 3 is 2.71 bits per heavy atom. The molecule has 31 heavy (non-hydrogen) atoms. The summed E-state index contributed by atoms with van der Waals surface area (Å²) in [7, 11) is 0. The van der Waals surface area contributed by atoms with E-state index in [-0.39, 0.29) is 18.0 Å². The van der Waals surface area contributed by atoms with E-state index in [1.54, 1.807) is 11.3 Å². The number of halogens is 2. The van der Waals surface area contributed by atoms with Crippen LogP contribution in [0.2, 0.25) is 10.0 Å². The number of rotatable bonds is 5. The molecule has 0 amide bonds. The lowest BCUT2D eigenvalue weighted by Crippen LogP contribution is -2.55. The Labute approximate surface area is 189 Å². The van der Waals surface area contributed by atoms with Crippen LogP contribution in [0, 0.1) is 0 Å². The summed E-state index contributed by atoms with van der Waals surface area (Å²) in [5.41, 5.74) is 15.2. The molecule has 0 spiro atoms. The van der Waals surface area contributed by atoms with Gasteiger partial charge in [0.2, 0.25) is 17.9 Å². The van der Waals surface area contributed by atoms with E-state index in [0.717, 1.165) is 24.9 Å². The molecule has 0 radical (unpaired) electrons. The van der Waals surface area contributed by atoms with Gasteiger partial charge in [-0.1, -0.05) is 29.3 Å². The standard InChI is InChI=1S/C20H22Cl2N8O/c21-14-5-1-6-15(22)13(14)11-29-8-2-4-12(29)10-20(16-7-3-9-31-16)27-19-26-17(23)25-18(24)30(19)28-20/h1,3,5-7,9,12,28H,2,4,8,10-11H2,(H4,23,24,25,26,27). The zero-order chi connectivity index (χ0) is 21.6. The first-order valence-electron chi connectivity index (χ1n) is 10.0. The molecule has 162 valence electrons. The van der Waals surface area contributed by atoms with Crippen molar-refractivity contribution in [3.8, 4) is 0 Å². The highest BCUT2D eigenvalue weighted by molar-refractivity contribution is 6.35. The van der Waals surface area contributed by atoms with Crippen molar-refractivity contribution in [2.75, 3.05) is 6.54 Å². The van der Waals surface area contributed by atoms with Crippen molar-refractivity contribution in [2.24, 2.45) is 26.4 Å². The highest BCUT2D eigenvalue weighted by Gasteiger charge is 2.48. The van der Waals surface area contributed by atoms with Crippen LogP contribution in [0.1, 0.15) is 30.6 Å². The summed E-state index contributed by atoms with van der Waals surface area (Å²) in [6.07, 6.45) is 4.33. The van der Waals surface area contributed by atoms with Crippen LogP contribution < -0.4 is 16.9 Å². The van der Waals surface area contributed by atoms with Crippen LogP contribution in [0.4, 0.5) is 0 Å². The molecule has 5 N–H and O–H groups in total. The molecule has 1 fully saturated rings. The van der Waals surface area contributed by atoms with Crippen molar-refractivity contribution in [3.63, 3.8) is 0 Å². The predicted octanol–water partition coefficient (Wildman–Crippen LogP) is 2.61. The number of hydrogen-bond acceptors (Lipinski definition) is 9. The largest absolute Gasteiger partial charge is 0.465 e. The Hall–Kier alpha value is -2.59. The van der Waals surface area contributed by atoms with Gasteiger partial charge in [-0.3, -0.25) is 4.90 Å². The molecule has 4 heterocycles. The first kappa shape index (κ1) is 20.3. The van der Waals surface area contributed by atoms with Gasteiger partial charge in [-0.25, -0.2) is 10.0 Å². The molecule has 1 aromatic carbocycles. The fourth-order valence-electron chi connectivity index (χ4n) is 4.39. The van der Waals surface area contributed by atoms with Crippen molar-refractivity contribution < 1.29 is 4.42 Å². The number of hydrazine groups is 1. The van der Waals surface area contributed by atoms with Gasteiger partial charge in [-0.2, -0.15) is 15.4 Å². The monoisotopic (exact) mass is 460 g/mol. The molecule has 0 bridgehead atoms. The van der Waals surface area contributed by atoms with Crippen LogP contribution in [-0.4, -0.2) is 40.4 Å². The van der Waals surface area contributed by atoms with E-state index < -0.39 is 5.66 Å². The number of hydrogen-bond donors (Lipinski definition) is 3. The molecule has 1 aromatic heterocycles. The van der Waals surface area contributed by atoms with Crippen LogP contribution in [0.5, 0.6) is 0 Å². The Kier molecular flexibility index (Phi) is 5.13. The van der Waals surface area contributed by atoms with Crippen molar-refractivity contribution in [1.29, 1.82) is 0 Å². The number of likely N-dealkylation sites (tertiary alicyclic amines) is 1. The first-order chi connectivity index (χ1) is 14.9. The minimum absolute atomic E-state index is 0.0698. The molecule has 5 rings (SSSR count). The Bertz CT molecular complexity index is 1060. The summed E-state index contributed by atoms with van der Waals surface area (Å²) >= 11 is 12.9. The molecular weight excluding hydrogens is 439 g/mol. The predicted molar refractivity (Wildman–Crippen MR) is 121 cm³/mol. The van der Waals surface area contributed by atoms with Gasteiger partial charge in [-0.05, 0) is 43.7 Å². The maximum absolute atomic E-state index is 6.43. The first-order valence-corrected chi connectivity index (χ1v) is 10.8. The molecule has 2 unspecified atom stereocenters. The summed E-state index contributed by atoms with van der Waals surface area (Å²) in [5, 5.41) is 2.89. The number of nitrogens with one attached hydrogen (secondary N) is 1. The van der Waals surface area contributed by atoms with Crippen LogP contribution in [-0.2, 0) is 12.2 Å². The average molecular weight is 461 g/mol. The van der Waals surface area contributed by atoms with Gasteiger partial charge in [0, 0.05) is 34.6 Å². The summed E-state index contributed by atoms with van der Waals surface area (Å²) in [6, 6.07) is 9.52. The van der Waals surface area contributed by atoms with Crippen LogP contribution >= 0.6 is 23.2 Å². The fraction of sp³-hybridized carbons (Fsp3) is 0.350. The molecule has 3 aliphatic rings. The molecule has 3 aliphatic heterocycles. The molecule has 11 heteroatoms.